The van der Waals surface area contributed by atoms with Gasteiger partial charge in [-0.3, -0.25) is 18.5 Å². The minimum absolute atomic E-state index is 0.0818. The molecule has 242 valence electrons. The minimum atomic E-state index is -3.82. The van der Waals surface area contributed by atoms with Crippen molar-refractivity contribution < 1.29 is 41.6 Å². The molecule has 1 fully saturated rings. The fraction of sp³-hybridized carbons (Fsp3) is 0.643. The normalized spacial score (nSPS) is 23.2. The van der Waals surface area contributed by atoms with E-state index in [-0.39, 0.29) is 51.6 Å². The Bertz CT molecular complexity index is 1380. The van der Waals surface area contributed by atoms with Crippen LogP contribution < -0.4 is 11.2 Å². The van der Waals surface area contributed by atoms with E-state index in [0.717, 1.165) is 10.1 Å². The lowest BCUT2D eigenvalue weighted by Gasteiger charge is -2.24. The van der Waals surface area contributed by atoms with Crippen LogP contribution in [0.15, 0.2) is 46.1 Å². The summed E-state index contributed by atoms with van der Waals surface area (Å²) in [4.78, 5) is 26.6. The van der Waals surface area contributed by atoms with Crippen LogP contribution in [0.4, 0.5) is 0 Å². The van der Waals surface area contributed by atoms with E-state index in [0.29, 0.717) is 12.2 Å². The molecule has 0 spiro atoms. The molecular weight excluding hydrogens is 602 g/mol. The number of hydrogen-bond donors (Lipinski definition) is 0. The highest BCUT2D eigenvalue weighted by molar-refractivity contribution is 7.73. The molecule has 2 heterocycles. The number of methoxy groups -OCH3 is 1. The fourth-order valence-corrected chi connectivity index (χ4v) is 9.67. The van der Waals surface area contributed by atoms with Gasteiger partial charge in [-0.2, -0.15) is 0 Å². The quantitative estimate of drug-likeness (QED) is 0.170. The Balaban J connectivity index is 1.86. The second-order valence-electron chi connectivity index (χ2n) is 10.3. The van der Waals surface area contributed by atoms with Crippen LogP contribution >= 0.6 is 15.0 Å². The topological polar surface area (TPSA) is 143 Å². The van der Waals surface area contributed by atoms with Crippen molar-refractivity contribution in [3.8, 4) is 0 Å². The number of aryl methyl sites for hydroxylation is 1. The Morgan fingerprint density at radius 1 is 1.00 bits per heavy atom. The maximum atomic E-state index is 13.6. The van der Waals surface area contributed by atoms with E-state index in [1.54, 1.807) is 27.9 Å². The second kappa shape index (κ2) is 16.4. The smallest absolute Gasteiger partial charge is 0.340 e. The van der Waals surface area contributed by atoms with Gasteiger partial charge in [-0.1, -0.05) is 37.3 Å². The Labute approximate surface area is 252 Å². The predicted molar refractivity (Wildman–Crippen MR) is 161 cm³/mol. The molecule has 1 saturated heterocycles. The molecule has 6 atom stereocenters. The maximum Gasteiger partial charge on any atom is 0.340 e. The van der Waals surface area contributed by atoms with Crippen LogP contribution in [0.25, 0.3) is 0 Å². The van der Waals surface area contributed by atoms with Gasteiger partial charge in [0.25, 0.3) is 5.56 Å². The van der Waals surface area contributed by atoms with E-state index in [2.05, 4.69) is 0 Å². The summed E-state index contributed by atoms with van der Waals surface area (Å²) in [5.74, 6) is -0.730. The first-order valence-corrected chi connectivity index (χ1v) is 18.2. The first-order chi connectivity index (χ1) is 20.4. The van der Waals surface area contributed by atoms with E-state index in [4.69, 9.17) is 32.5 Å². The summed E-state index contributed by atoms with van der Waals surface area (Å²) in [6.45, 7) is 8.79. The summed E-state index contributed by atoms with van der Waals surface area (Å²) < 4.78 is 68.3. The van der Waals surface area contributed by atoms with Gasteiger partial charge in [-0.15, -0.1) is 0 Å². The molecule has 0 aliphatic carbocycles. The summed E-state index contributed by atoms with van der Waals surface area (Å²) in [7, 11) is -5.51. The summed E-state index contributed by atoms with van der Waals surface area (Å²) in [5, 5.41) is 0. The van der Waals surface area contributed by atoms with Crippen LogP contribution in [0.2, 0.25) is 0 Å². The maximum absolute atomic E-state index is 13.6. The van der Waals surface area contributed by atoms with Gasteiger partial charge in [-0.05, 0) is 26.3 Å². The SMILES string of the molecule is CCOP(C)(=O)CP(=O)(OCC)OC[C@H]1O[C@@H](n2cc(C)c(=O)n(COCc3ccccc3)c2=O)[C@H](OCCOC)[C@@H]1C. The predicted octanol–water partition coefficient (Wildman–Crippen LogP) is 4.21. The van der Waals surface area contributed by atoms with Gasteiger partial charge in [0.1, 0.15) is 18.7 Å². The number of benzene rings is 1. The number of nitrogens with zero attached hydrogens (tertiary/aromatic N) is 2. The Morgan fingerprint density at radius 2 is 1.70 bits per heavy atom. The third-order valence-corrected chi connectivity index (χ3v) is 12.3. The third kappa shape index (κ3) is 9.78. The molecule has 0 saturated carbocycles. The molecule has 1 aliphatic rings. The highest BCUT2D eigenvalue weighted by Crippen LogP contribution is 2.61. The Kier molecular flexibility index (Phi) is 13.6. The third-order valence-electron chi connectivity index (χ3n) is 6.86. The fourth-order valence-electron chi connectivity index (χ4n) is 4.78. The molecule has 13 nitrogen and oxygen atoms in total. The number of ether oxygens (including phenoxy) is 4. The van der Waals surface area contributed by atoms with Gasteiger partial charge >= 0.3 is 13.3 Å². The van der Waals surface area contributed by atoms with E-state index in [1.165, 1.54) is 17.4 Å². The van der Waals surface area contributed by atoms with E-state index in [9.17, 15) is 18.7 Å². The van der Waals surface area contributed by atoms with Crippen LogP contribution in [-0.4, -0.2) is 74.1 Å². The van der Waals surface area contributed by atoms with Gasteiger partial charge in [0.15, 0.2) is 6.23 Å². The van der Waals surface area contributed by atoms with E-state index >= 15 is 0 Å². The molecule has 1 aliphatic heterocycles. The van der Waals surface area contributed by atoms with E-state index < -0.39 is 44.6 Å². The van der Waals surface area contributed by atoms with Gasteiger partial charge < -0.3 is 32.5 Å². The number of hydrogen-bond acceptors (Lipinski definition) is 11. The molecule has 0 amide bonds. The summed E-state index contributed by atoms with van der Waals surface area (Å²) in [6.07, 6.45) is -0.841. The molecule has 43 heavy (non-hydrogen) atoms. The van der Waals surface area contributed by atoms with Gasteiger partial charge in [0.05, 0.1) is 45.7 Å². The monoisotopic (exact) mass is 646 g/mol. The lowest BCUT2D eigenvalue weighted by atomic mass is 10.0. The largest absolute Gasteiger partial charge is 0.382 e. The van der Waals surface area contributed by atoms with Crippen molar-refractivity contribution in [1.82, 2.24) is 9.13 Å². The first kappa shape index (κ1) is 35.6. The highest BCUT2D eigenvalue weighted by Gasteiger charge is 2.46. The Morgan fingerprint density at radius 3 is 2.35 bits per heavy atom. The molecule has 1 aromatic carbocycles. The Hall–Kier alpha value is -1.92. The van der Waals surface area contributed by atoms with Gasteiger partial charge in [0.2, 0.25) is 7.37 Å². The van der Waals surface area contributed by atoms with Crippen molar-refractivity contribution >= 4 is 15.0 Å². The molecule has 1 aromatic heterocycles. The lowest BCUT2D eigenvalue weighted by Crippen LogP contribution is -2.44. The van der Waals surface area contributed by atoms with Crippen LogP contribution in [0, 0.1) is 12.8 Å². The van der Waals surface area contributed by atoms with Crippen molar-refractivity contribution in [1.29, 1.82) is 0 Å². The second-order valence-corrected chi connectivity index (χ2v) is 15.5. The van der Waals surface area contributed by atoms with Crippen LogP contribution in [-0.2, 0) is 55.0 Å². The molecule has 3 rings (SSSR count). The van der Waals surface area contributed by atoms with Crippen molar-refractivity contribution in [3.05, 3.63) is 68.5 Å². The van der Waals surface area contributed by atoms with Crippen molar-refractivity contribution in [3.63, 3.8) is 0 Å². The number of aromatic nitrogens is 2. The minimum Gasteiger partial charge on any atom is -0.382 e. The van der Waals surface area contributed by atoms with Crippen LogP contribution in [0.3, 0.4) is 0 Å². The average molecular weight is 647 g/mol. The zero-order valence-electron chi connectivity index (χ0n) is 25.7. The van der Waals surface area contributed by atoms with Gasteiger partial charge in [0, 0.05) is 31.5 Å². The van der Waals surface area contributed by atoms with Crippen molar-refractivity contribution in [2.45, 2.75) is 59.5 Å². The van der Waals surface area contributed by atoms with Crippen molar-refractivity contribution in [2.24, 2.45) is 5.92 Å². The molecule has 15 heteroatoms. The van der Waals surface area contributed by atoms with Crippen molar-refractivity contribution in [2.75, 3.05) is 52.7 Å². The summed E-state index contributed by atoms with van der Waals surface area (Å²) in [6, 6.07) is 9.41. The standard InChI is InChI=1S/C28H44N2O11P2/c1-7-38-42(6,33)20-43(34,39-8-2)40-18-24-22(4)25(37-15-14-35-5)27(41-24)29-16-21(3)26(31)30(28(29)32)19-36-17-23-12-10-9-11-13-23/h9-13,16,22,24-25,27H,7-8,14-15,17-20H2,1-6H3/t22-,24-,25-,27-,42?,43?/m1/s1. The molecule has 2 aromatic rings. The molecule has 0 bridgehead atoms. The number of rotatable bonds is 18. The van der Waals surface area contributed by atoms with Crippen LogP contribution in [0.5, 0.6) is 0 Å². The first-order valence-electron chi connectivity index (χ1n) is 14.2. The lowest BCUT2D eigenvalue weighted by molar-refractivity contribution is -0.0799. The zero-order chi connectivity index (χ0) is 31.6. The molecule has 2 unspecified atom stereocenters. The van der Waals surface area contributed by atoms with Crippen LogP contribution in [0.1, 0.15) is 38.1 Å². The highest BCUT2D eigenvalue weighted by atomic mass is 31.2. The average Bonchev–Trinajstić information content (AvgIpc) is 3.26. The van der Waals surface area contributed by atoms with E-state index in [1.807, 2.05) is 37.3 Å². The van der Waals surface area contributed by atoms with Gasteiger partial charge in [-0.25, -0.2) is 9.36 Å². The molecule has 0 radical (unpaired) electrons. The summed E-state index contributed by atoms with van der Waals surface area (Å²) >= 11 is 0. The summed E-state index contributed by atoms with van der Waals surface area (Å²) in [5.41, 5.74) is 0.0976. The molecule has 0 N–H and O–H groups in total. The zero-order valence-corrected chi connectivity index (χ0v) is 27.5. The molecular formula is C28H44N2O11P2.